The SMILES string of the molecule is O=S1(=O)CCCc2cc(C(O)CBr)ccc21. The van der Waals surface area contributed by atoms with Gasteiger partial charge in [0.2, 0.25) is 0 Å². The predicted molar refractivity (Wildman–Crippen MR) is 65.6 cm³/mol. The van der Waals surface area contributed by atoms with Gasteiger partial charge in [-0.25, -0.2) is 8.42 Å². The Morgan fingerprint density at radius 1 is 1.44 bits per heavy atom. The highest BCUT2D eigenvalue weighted by atomic mass is 79.9. The summed E-state index contributed by atoms with van der Waals surface area (Å²) in [6.45, 7) is 0. The highest BCUT2D eigenvalue weighted by Crippen LogP contribution is 2.28. The summed E-state index contributed by atoms with van der Waals surface area (Å²) in [7, 11) is -3.08. The summed E-state index contributed by atoms with van der Waals surface area (Å²) in [6.07, 6.45) is 0.871. The largest absolute Gasteiger partial charge is 0.388 e. The summed E-state index contributed by atoms with van der Waals surface area (Å²) in [5.41, 5.74) is 1.61. The van der Waals surface area contributed by atoms with Crippen molar-refractivity contribution in [3.8, 4) is 0 Å². The van der Waals surface area contributed by atoms with E-state index in [0.29, 0.717) is 16.6 Å². The number of rotatable bonds is 2. The summed E-state index contributed by atoms with van der Waals surface area (Å²) in [5.74, 6) is 0.236. The average molecular weight is 305 g/mol. The zero-order chi connectivity index (χ0) is 11.8. The molecule has 0 bridgehead atoms. The molecule has 1 aliphatic heterocycles. The second-order valence-electron chi connectivity index (χ2n) is 3.96. The molecule has 0 spiro atoms. The highest BCUT2D eigenvalue weighted by Gasteiger charge is 2.24. The first kappa shape index (κ1) is 12.1. The molecule has 0 saturated carbocycles. The second kappa shape index (κ2) is 4.47. The van der Waals surface area contributed by atoms with Gasteiger partial charge < -0.3 is 5.11 Å². The molecule has 1 N–H and O–H groups in total. The predicted octanol–water partition coefficient (Wildman–Crippen LogP) is 1.83. The van der Waals surface area contributed by atoms with Crippen LogP contribution in [0.15, 0.2) is 23.1 Å². The van der Waals surface area contributed by atoms with Crippen LogP contribution in [0.25, 0.3) is 0 Å². The van der Waals surface area contributed by atoms with E-state index >= 15 is 0 Å². The number of benzene rings is 1. The van der Waals surface area contributed by atoms with Crippen LogP contribution >= 0.6 is 15.9 Å². The van der Waals surface area contributed by atoms with E-state index in [9.17, 15) is 13.5 Å². The second-order valence-corrected chi connectivity index (χ2v) is 6.68. The lowest BCUT2D eigenvalue weighted by atomic mass is 10.0. The lowest BCUT2D eigenvalue weighted by molar-refractivity contribution is 0.205. The molecule has 1 aliphatic rings. The van der Waals surface area contributed by atoms with Crippen molar-refractivity contribution in [2.24, 2.45) is 0 Å². The summed E-state index contributed by atoms with van der Waals surface area (Å²) in [5, 5.41) is 10.1. The van der Waals surface area contributed by atoms with E-state index in [2.05, 4.69) is 15.9 Å². The van der Waals surface area contributed by atoms with Gasteiger partial charge in [0.05, 0.1) is 16.8 Å². The van der Waals surface area contributed by atoms with Gasteiger partial charge in [-0.3, -0.25) is 0 Å². The van der Waals surface area contributed by atoms with Crippen molar-refractivity contribution in [1.82, 2.24) is 0 Å². The topological polar surface area (TPSA) is 54.4 Å². The molecule has 1 unspecified atom stereocenters. The van der Waals surface area contributed by atoms with Crippen LogP contribution in [0, 0.1) is 0 Å². The Labute approximate surface area is 104 Å². The van der Waals surface area contributed by atoms with Crippen LogP contribution < -0.4 is 0 Å². The van der Waals surface area contributed by atoms with Crippen molar-refractivity contribution in [3.05, 3.63) is 29.3 Å². The molecular weight excluding hydrogens is 292 g/mol. The summed E-state index contributed by atoms with van der Waals surface area (Å²) >= 11 is 3.20. The molecule has 3 nitrogen and oxygen atoms in total. The minimum atomic E-state index is -3.08. The van der Waals surface area contributed by atoms with Gasteiger partial charge in [-0.1, -0.05) is 28.1 Å². The van der Waals surface area contributed by atoms with Gasteiger partial charge >= 0.3 is 0 Å². The van der Waals surface area contributed by atoms with E-state index in [1.165, 1.54) is 0 Å². The normalized spacial score (nSPS) is 20.1. The lowest BCUT2D eigenvalue weighted by Crippen LogP contribution is -2.16. The number of aliphatic hydroxyl groups is 1. The van der Waals surface area contributed by atoms with Gasteiger partial charge in [-0.2, -0.15) is 0 Å². The number of alkyl halides is 1. The van der Waals surface area contributed by atoms with Gasteiger partial charge in [-0.15, -0.1) is 0 Å². The van der Waals surface area contributed by atoms with E-state index in [-0.39, 0.29) is 5.75 Å². The highest BCUT2D eigenvalue weighted by molar-refractivity contribution is 9.09. The first-order valence-corrected chi connectivity index (χ1v) is 7.91. The molecule has 88 valence electrons. The number of fused-ring (bicyclic) bond motifs is 1. The fourth-order valence-electron chi connectivity index (χ4n) is 1.96. The van der Waals surface area contributed by atoms with Crippen molar-refractivity contribution in [1.29, 1.82) is 0 Å². The number of aryl methyl sites for hydroxylation is 1. The van der Waals surface area contributed by atoms with Gasteiger partial charge in [0.1, 0.15) is 0 Å². The fourth-order valence-corrected chi connectivity index (χ4v) is 3.91. The van der Waals surface area contributed by atoms with Crippen molar-refractivity contribution in [3.63, 3.8) is 0 Å². The standard InChI is InChI=1S/C11H13BrO3S/c12-7-10(13)8-3-4-11-9(6-8)2-1-5-16(11,14)15/h3-4,6,10,13H,1-2,5,7H2. The first-order valence-electron chi connectivity index (χ1n) is 5.14. The Hall–Kier alpha value is -0.390. The third-order valence-electron chi connectivity index (χ3n) is 2.81. The number of sulfone groups is 1. The Kier molecular flexibility index (Phi) is 3.37. The molecule has 0 aliphatic carbocycles. The van der Waals surface area contributed by atoms with Crippen LogP contribution in [-0.4, -0.2) is 24.6 Å². The molecule has 2 rings (SSSR count). The van der Waals surface area contributed by atoms with Crippen molar-refractivity contribution in [2.45, 2.75) is 23.8 Å². The van der Waals surface area contributed by atoms with Gasteiger partial charge in [0.15, 0.2) is 9.84 Å². The molecule has 16 heavy (non-hydrogen) atoms. The van der Waals surface area contributed by atoms with Crippen molar-refractivity contribution >= 4 is 25.8 Å². The Balaban J connectivity index is 2.48. The molecule has 1 heterocycles. The van der Waals surface area contributed by atoms with Crippen molar-refractivity contribution in [2.75, 3.05) is 11.1 Å². The molecule has 0 aromatic heterocycles. The Morgan fingerprint density at radius 2 is 2.19 bits per heavy atom. The summed E-state index contributed by atoms with van der Waals surface area (Å²) < 4.78 is 23.5. The molecule has 1 aromatic rings. The van der Waals surface area contributed by atoms with Gasteiger partial charge in [0, 0.05) is 5.33 Å². The zero-order valence-corrected chi connectivity index (χ0v) is 11.1. The maximum Gasteiger partial charge on any atom is 0.178 e. The van der Waals surface area contributed by atoms with Crippen LogP contribution in [0.3, 0.4) is 0 Å². The molecule has 0 fully saturated rings. The molecule has 1 aromatic carbocycles. The van der Waals surface area contributed by atoms with E-state index in [1.807, 2.05) is 0 Å². The van der Waals surface area contributed by atoms with Gasteiger partial charge in [-0.05, 0) is 30.0 Å². The average Bonchev–Trinajstić information content (AvgIpc) is 2.27. The van der Waals surface area contributed by atoms with Gasteiger partial charge in [0.25, 0.3) is 0 Å². The smallest absolute Gasteiger partial charge is 0.178 e. The zero-order valence-electron chi connectivity index (χ0n) is 8.69. The minimum Gasteiger partial charge on any atom is -0.388 e. The molecule has 0 amide bonds. The monoisotopic (exact) mass is 304 g/mol. The molecule has 0 radical (unpaired) electrons. The number of hydrogen-bond donors (Lipinski definition) is 1. The molecule has 5 heteroatoms. The molecule has 1 atom stereocenters. The maximum atomic E-state index is 11.8. The van der Waals surface area contributed by atoms with Crippen LogP contribution in [0.4, 0.5) is 0 Å². The summed E-state index contributed by atoms with van der Waals surface area (Å²) in [6, 6.07) is 5.11. The van der Waals surface area contributed by atoms with E-state index in [4.69, 9.17) is 0 Å². The minimum absolute atomic E-state index is 0.236. The fraction of sp³-hybridized carbons (Fsp3) is 0.455. The van der Waals surface area contributed by atoms with Crippen molar-refractivity contribution < 1.29 is 13.5 Å². The molecular formula is C11H13BrO3S. The third kappa shape index (κ3) is 2.17. The number of hydrogen-bond acceptors (Lipinski definition) is 3. The van der Waals surface area contributed by atoms with Crippen LogP contribution in [0.2, 0.25) is 0 Å². The number of aliphatic hydroxyl groups excluding tert-OH is 1. The van der Waals surface area contributed by atoms with Crippen LogP contribution in [0.1, 0.15) is 23.7 Å². The number of halogens is 1. The third-order valence-corrected chi connectivity index (χ3v) is 5.32. The summed E-state index contributed by atoms with van der Waals surface area (Å²) in [4.78, 5) is 0.435. The van der Waals surface area contributed by atoms with E-state index in [1.54, 1.807) is 18.2 Å². The lowest BCUT2D eigenvalue weighted by Gasteiger charge is -2.18. The first-order chi connectivity index (χ1) is 7.54. The van der Waals surface area contributed by atoms with E-state index in [0.717, 1.165) is 17.5 Å². The van der Waals surface area contributed by atoms with E-state index < -0.39 is 15.9 Å². The molecule has 0 saturated heterocycles. The Morgan fingerprint density at radius 3 is 2.88 bits per heavy atom. The quantitative estimate of drug-likeness (QED) is 0.848. The maximum absolute atomic E-state index is 11.8. The van der Waals surface area contributed by atoms with Crippen LogP contribution in [0.5, 0.6) is 0 Å². The Bertz CT molecular complexity index is 496. The van der Waals surface area contributed by atoms with Crippen LogP contribution in [-0.2, 0) is 16.3 Å².